The number of ether oxygens (including phenoxy) is 2. The van der Waals surface area contributed by atoms with Gasteiger partial charge in [-0.3, -0.25) is 0 Å². The maximum Gasteiger partial charge on any atom is 0.573 e. The van der Waals surface area contributed by atoms with Crippen molar-refractivity contribution in [1.29, 1.82) is 0 Å². The van der Waals surface area contributed by atoms with Crippen molar-refractivity contribution in [2.75, 3.05) is 6.61 Å². The third-order valence-corrected chi connectivity index (χ3v) is 2.98. The Morgan fingerprint density at radius 2 is 2.00 bits per heavy atom. The van der Waals surface area contributed by atoms with Gasteiger partial charge in [0, 0.05) is 0 Å². The van der Waals surface area contributed by atoms with Crippen molar-refractivity contribution in [3.05, 3.63) is 22.7 Å². The van der Waals surface area contributed by atoms with E-state index in [2.05, 4.69) is 20.7 Å². The van der Waals surface area contributed by atoms with E-state index in [1.807, 2.05) is 13.8 Å². The summed E-state index contributed by atoms with van der Waals surface area (Å²) in [6.45, 7) is 4.61. The van der Waals surface area contributed by atoms with Gasteiger partial charge in [-0.25, -0.2) is 0 Å². The van der Waals surface area contributed by atoms with Crippen LogP contribution in [0.1, 0.15) is 20.3 Å². The zero-order valence-corrected chi connectivity index (χ0v) is 11.6. The van der Waals surface area contributed by atoms with E-state index >= 15 is 0 Å². The summed E-state index contributed by atoms with van der Waals surface area (Å²) < 4.78 is 45.6. The molecule has 0 bridgehead atoms. The van der Waals surface area contributed by atoms with Crippen LogP contribution in [-0.2, 0) is 0 Å². The van der Waals surface area contributed by atoms with E-state index in [1.165, 1.54) is 18.2 Å². The Morgan fingerprint density at radius 1 is 1.33 bits per heavy atom. The van der Waals surface area contributed by atoms with Gasteiger partial charge >= 0.3 is 6.36 Å². The molecule has 0 aliphatic heterocycles. The fraction of sp³-hybridized carbons (Fsp3) is 0.500. The lowest BCUT2D eigenvalue weighted by Crippen LogP contribution is -2.17. The van der Waals surface area contributed by atoms with Gasteiger partial charge in [0.15, 0.2) is 0 Å². The third-order valence-electron chi connectivity index (χ3n) is 2.36. The molecule has 2 nitrogen and oxygen atoms in total. The van der Waals surface area contributed by atoms with E-state index in [9.17, 15) is 13.2 Å². The first-order valence-corrected chi connectivity index (χ1v) is 6.29. The third kappa shape index (κ3) is 5.16. The van der Waals surface area contributed by atoms with Crippen LogP contribution in [0.4, 0.5) is 13.2 Å². The summed E-state index contributed by atoms with van der Waals surface area (Å²) in [4.78, 5) is 0. The standard InChI is InChI=1S/C12H14BrF3O2/c1-3-8(2)7-17-9-4-5-11(10(13)6-9)18-12(14,15)16/h4-6,8H,3,7H2,1-2H3. The van der Waals surface area contributed by atoms with Crippen LogP contribution in [0.2, 0.25) is 0 Å². The highest BCUT2D eigenvalue weighted by Gasteiger charge is 2.31. The van der Waals surface area contributed by atoms with Crippen LogP contribution in [0.5, 0.6) is 11.5 Å². The summed E-state index contributed by atoms with van der Waals surface area (Å²) in [5, 5.41) is 0. The Hall–Kier alpha value is -0.910. The molecule has 102 valence electrons. The molecule has 0 heterocycles. The molecule has 0 aromatic heterocycles. The maximum atomic E-state index is 12.0. The van der Waals surface area contributed by atoms with Crippen LogP contribution in [0.3, 0.4) is 0 Å². The smallest absolute Gasteiger partial charge is 0.493 e. The number of hydrogen-bond donors (Lipinski definition) is 0. The lowest BCUT2D eigenvalue weighted by atomic mass is 10.1. The summed E-state index contributed by atoms with van der Waals surface area (Å²) >= 11 is 3.02. The van der Waals surface area contributed by atoms with Gasteiger partial charge in [-0.05, 0) is 40.0 Å². The van der Waals surface area contributed by atoms with E-state index in [0.29, 0.717) is 18.3 Å². The maximum absolute atomic E-state index is 12.0. The average molecular weight is 327 g/mol. The molecule has 1 aromatic rings. The molecule has 1 unspecified atom stereocenters. The molecule has 0 saturated heterocycles. The van der Waals surface area contributed by atoms with Gasteiger partial charge in [-0.2, -0.15) is 0 Å². The monoisotopic (exact) mass is 326 g/mol. The molecule has 1 rings (SSSR count). The fourth-order valence-corrected chi connectivity index (χ4v) is 1.57. The van der Waals surface area contributed by atoms with Crippen molar-refractivity contribution in [1.82, 2.24) is 0 Å². The average Bonchev–Trinajstić information content (AvgIpc) is 2.27. The van der Waals surface area contributed by atoms with Crippen LogP contribution in [0.25, 0.3) is 0 Å². The van der Waals surface area contributed by atoms with Gasteiger partial charge in [-0.1, -0.05) is 20.3 Å². The summed E-state index contributed by atoms with van der Waals surface area (Å²) in [5.74, 6) is 0.630. The molecule has 0 aliphatic rings. The lowest BCUT2D eigenvalue weighted by molar-refractivity contribution is -0.274. The first-order chi connectivity index (χ1) is 8.31. The van der Waals surface area contributed by atoms with Gasteiger partial charge in [0.2, 0.25) is 0 Å². The van der Waals surface area contributed by atoms with E-state index in [4.69, 9.17) is 4.74 Å². The number of rotatable bonds is 5. The second-order valence-electron chi connectivity index (χ2n) is 3.96. The van der Waals surface area contributed by atoms with Crippen molar-refractivity contribution in [2.45, 2.75) is 26.6 Å². The molecular formula is C12H14BrF3O2. The molecule has 0 fully saturated rings. The molecule has 0 amide bonds. The van der Waals surface area contributed by atoms with Crippen molar-refractivity contribution >= 4 is 15.9 Å². The highest BCUT2D eigenvalue weighted by atomic mass is 79.9. The minimum Gasteiger partial charge on any atom is -0.493 e. The summed E-state index contributed by atoms with van der Waals surface area (Å²) in [5.41, 5.74) is 0. The van der Waals surface area contributed by atoms with Crippen LogP contribution in [-0.4, -0.2) is 13.0 Å². The normalized spacial score (nSPS) is 13.2. The second kappa shape index (κ2) is 6.31. The van der Waals surface area contributed by atoms with E-state index in [-0.39, 0.29) is 10.2 Å². The van der Waals surface area contributed by atoms with Crippen LogP contribution >= 0.6 is 15.9 Å². The predicted molar refractivity (Wildman–Crippen MR) is 65.8 cm³/mol. The summed E-state index contributed by atoms with van der Waals surface area (Å²) in [7, 11) is 0. The molecular weight excluding hydrogens is 313 g/mol. The number of halogens is 4. The highest BCUT2D eigenvalue weighted by molar-refractivity contribution is 9.10. The number of hydrogen-bond acceptors (Lipinski definition) is 2. The Balaban J connectivity index is 2.67. The van der Waals surface area contributed by atoms with Gasteiger partial charge in [0.1, 0.15) is 11.5 Å². The quantitative estimate of drug-likeness (QED) is 0.775. The summed E-state index contributed by atoms with van der Waals surface area (Å²) in [6, 6.07) is 4.14. The highest BCUT2D eigenvalue weighted by Crippen LogP contribution is 2.33. The zero-order valence-electron chi connectivity index (χ0n) is 10.1. The molecule has 1 atom stereocenters. The van der Waals surface area contributed by atoms with E-state index < -0.39 is 6.36 Å². The van der Waals surface area contributed by atoms with Gasteiger partial charge in [0.05, 0.1) is 11.1 Å². The van der Waals surface area contributed by atoms with Crippen molar-refractivity contribution < 1.29 is 22.6 Å². The largest absolute Gasteiger partial charge is 0.573 e. The minimum absolute atomic E-state index is 0.210. The summed E-state index contributed by atoms with van der Waals surface area (Å²) in [6.07, 6.45) is -3.71. The Labute approximate surface area is 112 Å². The first kappa shape index (κ1) is 15.1. The molecule has 18 heavy (non-hydrogen) atoms. The first-order valence-electron chi connectivity index (χ1n) is 5.50. The molecule has 1 aromatic carbocycles. The number of alkyl halides is 3. The fourth-order valence-electron chi connectivity index (χ4n) is 1.14. The molecule has 6 heteroatoms. The van der Waals surface area contributed by atoms with Gasteiger partial charge in [-0.15, -0.1) is 13.2 Å². The Kier molecular flexibility index (Phi) is 5.31. The van der Waals surface area contributed by atoms with Crippen LogP contribution in [0, 0.1) is 5.92 Å². The Bertz CT molecular complexity index is 393. The molecule has 0 radical (unpaired) electrons. The predicted octanol–water partition coefficient (Wildman–Crippen LogP) is 4.77. The minimum atomic E-state index is -4.69. The van der Waals surface area contributed by atoms with Crippen molar-refractivity contribution in [3.63, 3.8) is 0 Å². The second-order valence-corrected chi connectivity index (χ2v) is 4.82. The Morgan fingerprint density at radius 3 is 2.50 bits per heavy atom. The van der Waals surface area contributed by atoms with Gasteiger partial charge in [0.25, 0.3) is 0 Å². The zero-order chi connectivity index (χ0) is 13.8. The molecule has 0 aliphatic carbocycles. The SMILES string of the molecule is CCC(C)COc1ccc(OC(F)(F)F)c(Br)c1. The molecule has 0 N–H and O–H groups in total. The molecule has 0 spiro atoms. The van der Waals surface area contributed by atoms with E-state index in [1.54, 1.807) is 0 Å². The molecule has 0 saturated carbocycles. The van der Waals surface area contributed by atoms with Crippen molar-refractivity contribution in [3.8, 4) is 11.5 Å². The van der Waals surface area contributed by atoms with Crippen LogP contribution < -0.4 is 9.47 Å². The van der Waals surface area contributed by atoms with Crippen molar-refractivity contribution in [2.24, 2.45) is 5.92 Å². The van der Waals surface area contributed by atoms with E-state index in [0.717, 1.165) is 6.42 Å². The number of benzene rings is 1. The van der Waals surface area contributed by atoms with Gasteiger partial charge < -0.3 is 9.47 Å². The van der Waals surface area contributed by atoms with Crippen LogP contribution in [0.15, 0.2) is 22.7 Å². The topological polar surface area (TPSA) is 18.5 Å². The lowest BCUT2D eigenvalue weighted by Gasteiger charge is -2.13.